The van der Waals surface area contributed by atoms with E-state index in [1.807, 2.05) is 0 Å². The predicted molar refractivity (Wildman–Crippen MR) is 304 cm³/mol. The summed E-state index contributed by atoms with van der Waals surface area (Å²) in [7, 11) is -1.20. The van der Waals surface area contributed by atoms with Crippen molar-refractivity contribution in [2.24, 2.45) is 0 Å². The number of halogens is 1. The summed E-state index contributed by atoms with van der Waals surface area (Å²) in [5, 5.41) is -3.78. The Balaban J connectivity index is 0.000000175. The van der Waals surface area contributed by atoms with Crippen molar-refractivity contribution in [1.29, 1.82) is 0 Å². The summed E-state index contributed by atoms with van der Waals surface area (Å²) >= 11 is 3.22. The molecule has 1 fully saturated rings. The van der Waals surface area contributed by atoms with E-state index in [1.165, 1.54) is 0 Å². The van der Waals surface area contributed by atoms with Gasteiger partial charge in [0.15, 0.2) is 0 Å². The molecule has 1 aliphatic rings. The summed E-state index contributed by atoms with van der Waals surface area (Å²) in [6, 6.07) is -26.4. The molecule has 0 spiro atoms. The largest absolute Gasteiger partial charge is 0.494 e. The minimum Gasteiger partial charge on any atom is -0.399 e. The maximum atomic E-state index is 9.13. The van der Waals surface area contributed by atoms with Gasteiger partial charge in [0.05, 0.1) is 66.0 Å². The van der Waals surface area contributed by atoms with Gasteiger partial charge in [0, 0.05) is 4.47 Å². The van der Waals surface area contributed by atoms with Gasteiger partial charge in [-0.05, 0) is 159 Å². The van der Waals surface area contributed by atoms with Crippen LogP contribution in [0.15, 0.2) is 246 Å². The van der Waals surface area contributed by atoms with Crippen LogP contribution >= 0.6 is 15.9 Å². The molecule has 0 aromatic heterocycles. The predicted octanol–water partition coefficient (Wildman–Crippen LogP) is 18.0. The lowest BCUT2D eigenvalue weighted by atomic mass is 9.78. The summed E-state index contributed by atoms with van der Waals surface area (Å²) in [6.07, 6.45) is 0. The lowest BCUT2D eigenvalue weighted by Gasteiger charge is -2.32. The van der Waals surface area contributed by atoms with Crippen molar-refractivity contribution in [2.75, 3.05) is 0 Å². The van der Waals surface area contributed by atoms with Gasteiger partial charge in [0.25, 0.3) is 0 Å². The SMILES string of the molecule is [2H]c1c([2H])c(-c2c([2H])c([2H])c([2H])c3c([2H])c([2H])c([2H])c([2H])c23)c([2H])c([2H])c1B1OC(C)(C)C(C)(C)O1.[2H]c1c([2H])c(-c2c3c([2H])c([2H])c([2H])c([2H])c3c([2H])c3c([2H])c([2H])c([2H])c([2H])c23)c([2H])c([2H])c1-c1c([2H])c([2H])c([2H])c2c([2H])c([2H])c([2H])c([2H])c12.[2H]c1c([2H])c([2H])c2c(Br)c3c([2H])c([2H])c([2H])c([2H])c3c([2H])c2c1[2H]. The van der Waals surface area contributed by atoms with E-state index >= 15 is 0 Å². The zero-order valence-electron chi connectivity index (χ0n) is 76.8. The topological polar surface area (TPSA) is 18.5 Å². The Hall–Kier alpha value is -7.34. The van der Waals surface area contributed by atoms with Crippen molar-refractivity contribution in [3.8, 4) is 33.4 Å². The van der Waals surface area contributed by atoms with Gasteiger partial charge in [0.1, 0.15) is 0 Å². The second kappa shape index (κ2) is 18.9. The van der Waals surface area contributed by atoms with E-state index in [-0.39, 0.29) is 65.9 Å². The first-order valence-electron chi connectivity index (χ1n) is 40.9. The Morgan fingerprint density at radius 3 is 1.09 bits per heavy atom. The van der Waals surface area contributed by atoms with E-state index in [0.29, 0.717) is 0 Å². The van der Waals surface area contributed by atoms with E-state index in [1.54, 1.807) is 27.7 Å². The summed E-state index contributed by atoms with van der Waals surface area (Å²) < 4.78 is 348. The van der Waals surface area contributed by atoms with Crippen LogP contribution in [-0.4, -0.2) is 18.3 Å². The van der Waals surface area contributed by atoms with Crippen LogP contribution in [0.25, 0.3) is 98.0 Å². The number of rotatable bonds is 4. The molecule has 0 aliphatic carbocycles. The van der Waals surface area contributed by atoms with Crippen molar-refractivity contribution >= 4 is 93.1 Å². The molecule has 13 rings (SSSR count). The van der Waals surface area contributed by atoms with Gasteiger partial charge < -0.3 is 9.31 Å². The fourth-order valence-corrected chi connectivity index (χ4v) is 7.76. The van der Waals surface area contributed by atoms with Crippen LogP contribution in [0.3, 0.4) is 0 Å². The monoisotopic (exact) mass is 1010 g/mol. The van der Waals surface area contributed by atoms with Crippen molar-refractivity contribution in [3.05, 3.63) is 246 Å². The van der Waals surface area contributed by atoms with Gasteiger partial charge >= 0.3 is 7.12 Å². The molecule has 0 atom stereocenters. The molecule has 0 N–H and O–H groups in total. The highest BCUT2D eigenvalue weighted by atomic mass is 79.9. The highest BCUT2D eigenvalue weighted by Crippen LogP contribution is 2.39. The van der Waals surface area contributed by atoms with E-state index in [4.69, 9.17) is 64.1 Å². The molecule has 12 aromatic rings. The molecule has 1 heterocycles. The third-order valence-corrected chi connectivity index (χ3v) is 12.1. The average Bonchev–Trinajstić information content (AvgIpc) is 0.781. The first-order valence-corrected chi connectivity index (χ1v) is 21.7. The summed E-state index contributed by atoms with van der Waals surface area (Å²) in [5.74, 6) is 0. The molecule has 1 aliphatic heterocycles. The number of fused-ring (bicyclic) bond motifs is 6. The Bertz CT molecular complexity index is 5920. The Morgan fingerprint density at radius 2 is 0.657 bits per heavy atom. The number of hydrogen-bond donors (Lipinski definition) is 0. The molecule has 0 saturated carbocycles. The van der Waals surface area contributed by atoms with Gasteiger partial charge in [-0.1, -0.05) is 230 Å². The maximum absolute atomic E-state index is 9.13. The van der Waals surface area contributed by atoms with Gasteiger partial charge in [-0.3, -0.25) is 0 Å². The van der Waals surface area contributed by atoms with Crippen LogP contribution in [-0.2, 0) is 9.31 Å². The molecule has 1 saturated heterocycles. The van der Waals surface area contributed by atoms with E-state index < -0.39 is 302 Å². The fraction of sp³-hybridized carbons (Fsp3) is 0.0909. The van der Waals surface area contributed by atoms with Gasteiger partial charge in [-0.25, -0.2) is 0 Å². The van der Waals surface area contributed by atoms with Crippen molar-refractivity contribution in [3.63, 3.8) is 0 Å². The van der Waals surface area contributed by atoms with Gasteiger partial charge in [-0.2, -0.15) is 0 Å². The number of benzene rings is 12. The van der Waals surface area contributed by atoms with Crippen molar-refractivity contribution < 1.29 is 64.1 Å². The molecule has 0 radical (unpaired) electrons. The Morgan fingerprint density at radius 1 is 0.343 bits per heavy atom. The van der Waals surface area contributed by atoms with Crippen molar-refractivity contribution in [1.82, 2.24) is 0 Å². The fourth-order valence-electron chi connectivity index (χ4n) is 7.17. The first-order chi connectivity index (χ1) is 50.8. The standard InChI is InChI=1S/C30H20.C22H23BO2.C14H9Br/c1-4-12-26-21(8-1)11-7-15-27(26)22-16-18-23(19-17-22)30-28-13-5-2-9-24(28)20-25-10-3-6-14-29(25)30;1-21(2)22(3,4)25-23(24-21)18-14-12-17(13-15-18)20-11-7-9-16-8-5-6-10-19(16)20;15-14-12-7-3-1-5-10(12)9-11-6-2-4-8-13(11)14/h1-20H;5-15H,1-4H3;1-9H/i1D,2D,3D,4D,5D,6D,7D,8D,9D,10D,11D,12D,13D,14D,15D,16D,17D,18D,19D,20D;5D,6D,7D,8D,9D,10D,11D,12D,13D,14D,15D;1D,2D,3D,4D,5D,6D,7D,8D,9D. The van der Waals surface area contributed by atoms with Gasteiger partial charge in [0.2, 0.25) is 0 Å². The van der Waals surface area contributed by atoms with Crippen LogP contribution in [0.4, 0.5) is 0 Å². The van der Waals surface area contributed by atoms with E-state index in [2.05, 4.69) is 15.9 Å². The Labute approximate surface area is 475 Å². The summed E-state index contributed by atoms with van der Waals surface area (Å²) in [5.41, 5.74) is -5.05. The van der Waals surface area contributed by atoms with Crippen LogP contribution in [0.1, 0.15) is 82.5 Å². The zero-order chi connectivity index (χ0) is 82.6. The highest BCUT2D eigenvalue weighted by molar-refractivity contribution is 9.10. The van der Waals surface area contributed by atoms with Crippen LogP contribution in [0.2, 0.25) is 0 Å². The van der Waals surface area contributed by atoms with Gasteiger partial charge in [-0.15, -0.1) is 0 Å². The third kappa shape index (κ3) is 8.69. The lowest BCUT2D eigenvalue weighted by molar-refractivity contribution is 0.00578. The van der Waals surface area contributed by atoms with Crippen LogP contribution < -0.4 is 5.46 Å². The summed E-state index contributed by atoms with van der Waals surface area (Å²) in [4.78, 5) is 0. The molecular formula is C66H52BBrO2. The van der Waals surface area contributed by atoms with E-state index in [9.17, 15) is 0 Å². The molecule has 338 valence electrons. The maximum Gasteiger partial charge on any atom is 0.494 e. The summed E-state index contributed by atoms with van der Waals surface area (Å²) in [6.45, 7) is 7.12. The molecular weight excluding hydrogens is 915 g/mol. The average molecular weight is 1010 g/mol. The molecule has 0 unspecified atom stereocenters. The minimum absolute atomic E-state index is 0.0310. The first kappa shape index (κ1) is 18.8. The molecule has 0 amide bonds. The second-order valence-corrected chi connectivity index (χ2v) is 16.9. The molecule has 4 heteroatoms. The van der Waals surface area contributed by atoms with Crippen molar-refractivity contribution in [2.45, 2.75) is 38.9 Å². The molecule has 2 nitrogen and oxygen atoms in total. The highest BCUT2D eigenvalue weighted by Gasteiger charge is 2.51. The van der Waals surface area contributed by atoms with Crippen LogP contribution in [0, 0.1) is 0 Å². The van der Waals surface area contributed by atoms with E-state index in [0.717, 1.165) is 0 Å². The minimum atomic E-state index is -1.20. The normalized spacial score (nSPS) is 21.9. The molecule has 70 heavy (non-hydrogen) atoms. The molecule has 0 bridgehead atoms. The Kier molecular flexibility index (Phi) is 5.06. The third-order valence-electron chi connectivity index (χ3n) is 11.3. The quantitative estimate of drug-likeness (QED) is 0.129. The zero-order valence-corrected chi connectivity index (χ0v) is 38.4. The second-order valence-electron chi connectivity index (χ2n) is 16.1. The smallest absolute Gasteiger partial charge is 0.399 e. The lowest BCUT2D eigenvalue weighted by Crippen LogP contribution is -2.41. The number of hydrogen-bond acceptors (Lipinski definition) is 2. The molecule has 12 aromatic carbocycles. The van der Waals surface area contributed by atoms with Crippen LogP contribution in [0.5, 0.6) is 0 Å².